The number of carboxylic acid groups (broad SMARTS) is 1. The first-order valence-electron chi connectivity index (χ1n) is 6.87. The first kappa shape index (κ1) is 14.8. The largest absolute Gasteiger partial charge is 0.481 e. The summed E-state index contributed by atoms with van der Waals surface area (Å²) in [5.41, 5.74) is 1.86. The molecule has 0 bridgehead atoms. The Kier molecular flexibility index (Phi) is 5.40. The topological polar surface area (TPSA) is 68.0 Å². The van der Waals surface area contributed by atoms with Gasteiger partial charge in [-0.2, -0.15) is 0 Å². The molecule has 0 amide bonds. The van der Waals surface area contributed by atoms with E-state index in [9.17, 15) is 4.79 Å². The molecule has 2 rings (SSSR count). The predicted octanol–water partition coefficient (Wildman–Crippen LogP) is 3.19. The van der Waals surface area contributed by atoms with Gasteiger partial charge < -0.3 is 9.67 Å². The zero-order valence-electron chi connectivity index (χ0n) is 11.6. The van der Waals surface area contributed by atoms with Crippen molar-refractivity contribution in [3.05, 3.63) is 18.5 Å². The number of pyridine rings is 1. The van der Waals surface area contributed by atoms with Crippen LogP contribution in [0.15, 0.2) is 23.6 Å². The highest BCUT2D eigenvalue weighted by Crippen LogP contribution is 2.24. The van der Waals surface area contributed by atoms with Gasteiger partial charge in [0.25, 0.3) is 0 Å². The zero-order valence-corrected chi connectivity index (χ0v) is 12.4. The molecule has 0 spiro atoms. The summed E-state index contributed by atoms with van der Waals surface area (Å²) in [5, 5.41) is 9.59. The summed E-state index contributed by atoms with van der Waals surface area (Å²) in [6.45, 7) is 3.06. The van der Waals surface area contributed by atoms with Crippen molar-refractivity contribution < 1.29 is 9.90 Å². The maximum Gasteiger partial charge on any atom is 0.313 e. The number of nitrogens with zero attached hydrogens (tertiary/aromatic N) is 3. The number of unbranched alkanes of at least 4 members (excludes halogenated alkanes) is 3. The highest BCUT2D eigenvalue weighted by molar-refractivity contribution is 7.99. The quantitative estimate of drug-likeness (QED) is 0.598. The molecule has 0 aliphatic rings. The Morgan fingerprint density at radius 2 is 2.25 bits per heavy atom. The number of aryl methyl sites for hydroxylation is 1. The fourth-order valence-electron chi connectivity index (χ4n) is 2.11. The van der Waals surface area contributed by atoms with Crippen molar-refractivity contribution in [1.82, 2.24) is 14.5 Å². The SMILES string of the molecule is CCCCCCn1c(SCC(=O)O)nc2cnccc21. The molecule has 0 aromatic carbocycles. The minimum Gasteiger partial charge on any atom is -0.481 e. The first-order valence-corrected chi connectivity index (χ1v) is 7.85. The first-order chi connectivity index (χ1) is 9.72. The van der Waals surface area contributed by atoms with E-state index < -0.39 is 5.97 Å². The van der Waals surface area contributed by atoms with Crippen LogP contribution in [0.4, 0.5) is 0 Å². The Labute approximate surface area is 122 Å². The van der Waals surface area contributed by atoms with Crippen molar-refractivity contribution in [2.45, 2.75) is 44.3 Å². The predicted molar refractivity (Wildman–Crippen MR) is 80.0 cm³/mol. The molecule has 0 aliphatic heterocycles. The highest BCUT2D eigenvalue weighted by Gasteiger charge is 2.12. The summed E-state index contributed by atoms with van der Waals surface area (Å²) in [6.07, 6.45) is 8.18. The fraction of sp³-hybridized carbons (Fsp3) is 0.500. The van der Waals surface area contributed by atoms with Crippen molar-refractivity contribution in [1.29, 1.82) is 0 Å². The molecule has 0 radical (unpaired) electrons. The van der Waals surface area contributed by atoms with Gasteiger partial charge in [0.2, 0.25) is 0 Å². The van der Waals surface area contributed by atoms with Crippen LogP contribution in [0.3, 0.4) is 0 Å². The van der Waals surface area contributed by atoms with E-state index in [1.165, 1.54) is 31.0 Å². The molecule has 108 valence electrons. The molecule has 1 N–H and O–H groups in total. The van der Waals surface area contributed by atoms with E-state index in [0.29, 0.717) is 0 Å². The van der Waals surface area contributed by atoms with Crippen molar-refractivity contribution in [3.63, 3.8) is 0 Å². The Balaban J connectivity index is 2.18. The van der Waals surface area contributed by atoms with Crippen molar-refractivity contribution >= 4 is 28.8 Å². The van der Waals surface area contributed by atoms with Crippen LogP contribution in [0.1, 0.15) is 32.6 Å². The van der Waals surface area contributed by atoms with Crippen LogP contribution in [0.5, 0.6) is 0 Å². The van der Waals surface area contributed by atoms with Gasteiger partial charge in [0, 0.05) is 12.7 Å². The van der Waals surface area contributed by atoms with Crippen LogP contribution < -0.4 is 0 Å². The second kappa shape index (κ2) is 7.28. The Bertz CT molecular complexity index is 583. The number of hydrogen-bond donors (Lipinski definition) is 1. The molecule has 20 heavy (non-hydrogen) atoms. The van der Waals surface area contributed by atoms with E-state index in [1.807, 2.05) is 6.07 Å². The summed E-state index contributed by atoms with van der Waals surface area (Å²) in [5.74, 6) is -0.788. The van der Waals surface area contributed by atoms with Crippen LogP contribution in [0.2, 0.25) is 0 Å². The monoisotopic (exact) mass is 293 g/mol. The average Bonchev–Trinajstić information content (AvgIpc) is 2.79. The van der Waals surface area contributed by atoms with E-state index in [0.717, 1.165) is 29.2 Å². The highest BCUT2D eigenvalue weighted by atomic mass is 32.2. The lowest BCUT2D eigenvalue weighted by Crippen LogP contribution is -2.03. The Morgan fingerprint density at radius 3 is 3.00 bits per heavy atom. The number of thioether (sulfide) groups is 1. The van der Waals surface area contributed by atoms with E-state index in [-0.39, 0.29) is 5.75 Å². The zero-order chi connectivity index (χ0) is 14.4. The van der Waals surface area contributed by atoms with Gasteiger partial charge in [0.05, 0.1) is 17.5 Å². The maximum atomic E-state index is 10.7. The van der Waals surface area contributed by atoms with Gasteiger partial charge >= 0.3 is 5.97 Å². The maximum absolute atomic E-state index is 10.7. The molecule has 0 atom stereocenters. The molecule has 5 nitrogen and oxygen atoms in total. The van der Waals surface area contributed by atoms with Gasteiger partial charge in [-0.05, 0) is 12.5 Å². The Hall–Kier alpha value is -1.56. The van der Waals surface area contributed by atoms with E-state index in [4.69, 9.17) is 5.11 Å². The van der Waals surface area contributed by atoms with Crippen LogP contribution in [-0.2, 0) is 11.3 Å². The molecule has 6 heteroatoms. The third-order valence-corrected chi connectivity index (χ3v) is 4.04. The second-order valence-electron chi connectivity index (χ2n) is 4.65. The van der Waals surface area contributed by atoms with Crippen molar-refractivity contribution in [3.8, 4) is 0 Å². The third kappa shape index (κ3) is 3.72. The molecule has 2 aromatic heterocycles. The van der Waals surface area contributed by atoms with Crippen molar-refractivity contribution in [2.75, 3.05) is 5.75 Å². The van der Waals surface area contributed by atoms with E-state index in [2.05, 4.69) is 21.5 Å². The lowest BCUT2D eigenvalue weighted by Gasteiger charge is -2.07. The second-order valence-corrected chi connectivity index (χ2v) is 5.60. The third-order valence-electron chi connectivity index (χ3n) is 3.08. The van der Waals surface area contributed by atoms with Gasteiger partial charge in [-0.25, -0.2) is 4.98 Å². The number of aromatic nitrogens is 3. The summed E-state index contributed by atoms with van der Waals surface area (Å²) in [6, 6.07) is 1.94. The van der Waals surface area contributed by atoms with Crippen LogP contribution in [-0.4, -0.2) is 31.4 Å². The molecule has 0 saturated heterocycles. The van der Waals surface area contributed by atoms with Gasteiger partial charge in [-0.3, -0.25) is 9.78 Å². The number of carbonyl (C=O) groups is 1. The van der Waals surface area contributed by atoms with E-state index in [1.54, 1.807) is 12.4 Å². The van der Waals surface area contributed by atoms with E-state index >= 15 is 0 Å². The van der Waals surface area contributed by atoms with Crippen molar-refractivity contribution in [2.24, 2.45) is 0 Å². The minimum atomic E-state index is -0.822. The molecule has 2 aromatic rings. The molecular weight excluding hydrogens is 274 g/mol. The molecule has 0 unspecified atom stereocenters. The lowest BCUT2D eigenvalue weighted by atomic mass is 10.2. The standard InChI is InChI=1S/C14H19N3O2S/c1-2-3-4-5-8-17-12-6-7-15-9-11(12)16-14(17)20-10-13(18)19/h6-7,9H,2-5,8,10H2,1H3,(H,18,19). The number of hydrogen-bond acceptors (Lipinski definition) is 4. The van der Waals surface area contributed by atoms with Crippen LogP contribution >= 0.6 is 11.8 Å². The summed E-state index contributed by atoms with van der Waals surface area (Å²) in [7, 11) is 0. The fourth-order valence-corrected chi connectivity index (χ4v) is 2.87. The molecule has 2 heterocycles. The molecule has 0 aliphatic carbocycles. The average molecular weight is 293 g/mol. The van der Waals surface area contributed by atoms with Gasteiger partial charge in [-0.1, -0.05) is 37.9 Å². The summed E-state index contributed by atoms with van der Waals surface area (Å²) in [4.78, 5) is 19.3. The number of rotatable bonds is 8. The van der Waals surface area contributed by atoms with Gasteiger partial charge in [-0.15, -0.1) is 0 Å². The van der Waals surface area contributed by atoms with Gasteiger partial charge in [0.1, 0.15) is 5.52 Å². The van der Waals surface area contributed by atoms with Crippen LogP contribution in [0, 0.1) is 0 Å². The Morgan fingerprint density at radius 1 is 1.40 bits per heavy atom. The number of fused-ring (bicyclic) bond motifs is 1. The molecule has 0 saturated carbocycles. The van der Waals surface area contributed by atoms with Crippen LogP contribution in [0.25, 0.3) is 11.0 Å². The number of imidazole rings is 1. The summed E-state index contributed by atoms with van der Waals surface area (Å²) >= 11 is 1.27. The molecule has 0 fully saturated rings. The summed E-state index contributed by atoms with van der Waals surface area (Å²) < 4.78 is 2.11. The number of aliphatic carboxylic acids is 1. The lowest BCUT2D eigenvalue weighted by molar-refractivity contribution is -0.133. The molecular formula is C14H19N3O2S. The smallest absolute Gasteiger partial charge is 0.313 e. The number of carboxylic acids is 1. The minimum absolute atomic E-state index is 0.0334. The normalized spacial score (nSPS) is 11.1. The van der Waals surface area contributed by atoms with Gasteiger partial charge in [0.15, 0.2) is 5.16 Å².